The van der Waals surface area contributed by atoms with Crippen LogP contribution in [-0.2, 0) is 4.79 Å². The summed E-state index contributed by atoms with van der Waals surface area (Å²) in [4.78, 5) is 12.7. The maximum absolute atomic E-state index is 10.7. The Kier molecular flexibility index (Phi) is 8.54. The highest BCUT2D eigenvalue weighted by molar-refractivity contribution is 5.85. The highest BCUT2D eigenvalue weighted by atomic mass is 35.5. The molecule has 1 aliphatic rings. The van der Waals surface area contributed by atoms with Crippen LogP contribution < -0.4 is 5.32 Å². The Balaban J connectivity index is 0. The molecular weight excluding hydrogens is 227 g/mol. The third-order valence-electron chi connectivity index (χ3n) is 2.41. The molecule has 0 aromatic rings. The number of halogens is 2. The van der Waals surface area contributed by atoms with E-state index in [1.165, 1.54) is 0 Å². The summed E-state index contributed by atoms with van der Waals surface area (Å²) in [6, 6.07) is 0.361. The third kappa shape index (κ3) is 4.46. The molecule has 4 nitrogen and oxygen atoms in total. The van der Waals surface area contributed by atoms with Crippen molar-refractivity contribution in [1.82, 2.24) is 10.2 Å². The first kappa shape index (κ1) is 16.4. The largest absolute Gasteiger partial charge is 0.481 e. The van der Waals surface area contributed by atoms with Gasteiger partial charge in [-0.25, -0.2) is 0 Å². The van der Waals surface area contributed by atoms with Crippen molar-refractivity contribution in [3.63, 3.8) is 0 Å². The summed E-state index contributed by atoms with van der Waals surface area (Å²) < 4.78 is 0. The molecule has 86 valence electrons. The zero-order valence-electron chi connectivity index (χ0n) is 8.40. The Hall–Kier alpha value is -0.0300. The van der Waals surface area contributed by atoms with Crippen LogP contribution in [0.25, 0.3) is 0 Å². The van der Waals surface area contributed by atoms with Gasteiger partial charge >= 0.3 is 5.97 Å². The first-order valence-electron chi connectivity index (χ1n) is 4.21. The van der Waals surface area contributed by atoms with Crippen LogP contribution in [0.1, 0.15) is 6.42 Å². The fourth-order valence-electron chi connectivity index (χ4n) is 1.50. The van der Waals surface area contributed by atoms with Crippen LogP contribution in [0.4, 0.5) is 0 Å². The van der Waals surface area contributed by atoms with Crippen LogP contribution >= 0.6 is 24.8 Å². The molecule has 1 saturated heterocycles. The molecule has 1 fully saturated rings. The van der Waals surface area contributed by atoms with Crippen molar-refractivity contribution in [1.29, 1.82) is 0 Å². The van der Waals surface area contributed by atoms with Crippen molar-refractivity contribution in [2.75, 3.05) is 27.2 Å². The molecule has 0 aromatic carbocycles. The van der Waals surface area contributed by atoms with Crippen molar-refractivity contribution < 1.29 is 9.90 Å². The molecule has 1 heterocycles. The van der Waals surface area contributed by atoms with Gasteiger partial charge in [0.15, 0.2) is 0 Å². The second-order valence-corrected chi connectivity index (χ2v) is 3.55. The summed E-state index contributed by atoms with van der Waals surface area (Å²) >= 11 is 0. The maximum atomic E-state index is 10.7. The molecule has 2 N–H and O–H groups in total. The average molecular weight is 245 g/mol. The zero-order valence-corrected chi connectivity index (χ0v) is 10.0. The lowest BCUT2D eigenvalue weighted by Crippen LogP contribution is -2.48. The summed E-state index contributed by atoms with van der Waals surface area (Å²) in [6.45, 7) is 1.51. The monoisotopic (exact) mass is 244 g/mol. The van der Waals surface area contributed by atoms with Gasteiger partial charge in [-0.15, -0.1) is 24.8 Å². The number of carboxylic acid groups (broad SMARTS) is 1. The average Bonchev–Trinajstić information content (AvgIpc) is 2.04. The number of likely N-dealkylation sites (N-methyl/N-ethyl adjacent to an activating group) is 1. The molecule has 0 aliphatic carbocycles. The smallest absolute Gasteiger partial charge is 0.307 e. The first-order valence-corrected chi connectivity index (χ1v) is 4.21. The van der Waals surface area contributed by atoms with Crippen molar-refractivity contribution in [3.8, 4) is 0 Å². The number of rotatable bonds is 2. The molecule has 0 saturated carbocycles. The van der Waals surface area contributed by atoms with Gasteiger partial charge in [0.1, 0.15) is 0 Å². The number of nitrogens with zero attached hydrogens (tertiary/aromatic N) is 1. The third-order valence-corrected chi connectivity index (χ3v) is 2.41. The second-order valence-electron chi connectivity index (χ2n) is 3.55. The molecule has 1 aliphatic heterocycles. The highest BCUT2D eigenvalue weighted by Crippen LogP contribution is 2.13. The number of aliphatic carboxylic acids is 1. The molecule has 0 aromatic heterocycles. The molecule has 0 bridgehead atoms. The Bertz CT molecular complexity index is 179. The predicted octanol–water partition coefficient (Wildman–Crippen LogP) is 0.454. The van der Waals surface area contributed by atoms with E-state index in [-0.39, 0.29) is 30.7 Å². The van der Waals surface area contributed by atoms with Crippen molar-refractivity contribution in [2.24, 2.45) is 5.92 Å². The van der Waals surface area contributed by atoms with Crippen molar-refractivity contribution in [3.05, 3.63) is 0 Å². The second kappa shape index (κ2) is 7.29. The maximum Gasteiger partial charge on any atom is 0.307 e. The van der Waals surface area contributed by atoms with E-state index in [9.17, 15) is 4.79 Å². The molecular formula is C8H18Cl2N2O2. The fraction of sp³-hybridized carbons (Fsp3) is 0.875. The number of hydrogen-bond acceptors (Lipinski definition) is 3. The molecule has 14 heavy (non-hydrogen) atoms. The minimum absolute atomic E-state index is 0. The van der Waals surface area contributed by atoms with Crippen molar-refractivity contribution in [2.45, 2.75) is 12.5 Å². The van der Waals surface area contributed by atoms with Gasteiger partial charge in [0.05, 0.1) is 5.92 Å². The predicted molar refractivity (Wildman–Crippen MR) is 60.6 cm³/mol. The molecule has 0 radical (unpaired) electrons. The van der Waals surface area contributed by atoms with E-state index < -0.39 is 5.97 Å². The number of piperidine rings is 1. The number of carboxylic acids is 1. The van der Waals surface area contributed by atoms with Crippen LogP contribution in [0, 0.1) is 5.92 Å². The lowest BCUT2D eigenvalue weighted by molar-refractivity contribution is -0.142. The zero-order chi connectivity index (χ0) is 9.14. The van der Waals surface area contributed by atoms with E-state index in [0.29, 0.717) is 12.6 Å². The van der Waals surface area contributed by atoms with E-state index in [4.69, 9.17) is 5.11 Å². The number of hydrogen-bond donors (Lipinski definition) is 2. The van der Waals surface area contributed by atoms with Gasteiger partial charge in [-0.2, -0.15) is 0 Å². The molecule has 6 heteroatoms. The Morgan fingerprint density at radius 1 is 1.36 bits per heavy atom. The number of carbonyl (C=O) groups is 1. The van der Waals surface area contributed by atoms with Gasteiger partial charge in [0.25, 0.3) is 0 Å². The first-order chi connectivity index (χ1) is 5.61. The van der Waals surface area contributed by atoms with Gasteiger partial charge in [0.2, 0.25) is 0 Å². The van der Waals surface area contributed by atoms with Crippen LogP contribution in [-0.4, -0.2) is 49.2 Å². The summed E-state index contributed by atoms with van der Waals surface area (Å²) in [5, 5.41) is 11.9. The van der Waals surface area contributed by atoms with Gasteiger partial charge in [-0.3, -0.25) is 4.79 Å². The lowest BCUT2D eigenvalue weighted by Gasteiger charge is -2.32. The van der Waals surface area contributed by atoms with Crippen LogP contribution in [0.15, 0.2) is 0 Å². The SMILES string of the molecule is CN(C)C1CNCC(C(=O)O)C1.Cl.Cl. The Labute approximate surface area is 96.9 Å². The van der Waals surface area contributed by atoms with Crippen LogP contribution in [0.5, 0.6) is 0 Å². The summed E-state index contributed by atoms with van der Waals surface area (Å²) in [5.41, 5.74) is 0. The fourth-order valence-corrected chi connectivity index (χ4v) is 1.50. The van der Waals surface area contributed by atoms with E-state index in [1.807, 2.05) is 14.1 Å². The topological polar surface area (TPSA) is 52.6 Å². The lowest BCUT2D eigenvalue weighted by atomic mass is 9.95. The standard InChI is InChI=1S/C8H16N2O2.2ClH/c1-10(2)7-3-6(8(11)12)4-9-5-7;;/h6-7,9H,3-5H2,1-2H3,(H,11,12);2*1H. The Morgan fingerprint density at radius 3 is 2.36 bits per heavy atom. The quantitative estimate of drug-likeness (QED) is 0.741. The van der Waals surface area contributed by atoms with Crippen LogP contribution in [0.2, 0.25) is 0 Å². The molecule has 0 spiro atoms. The molecule has 1 rings (SSSR count). The van der Waals surface area contributed by atoms with E-state index in [2.05, 4.69) is 10.2 Å². The summed E-state index contributed by atoms with van der Waals surface area (Å²) in [6.07, 6.45) is 0.759. The minimum atomic E-state index is -0.686. The van der Waals surface area contributed by atoms with E-state index in [0.717, 1.165) is 13.0 Å². The van der Waals surface area contributed by atoms with Gasteiger partial charge in [-0.05, 0) is 20.5 Å². The van der Waals surface area contributed by atoms with Gasteiger partial charge in [0, 0.05) is 19.1 Å². The summed E-state index contributed by atoms with van der Waals surface area (Å²) in [5.74, 6) is -0.903. The Morgan fingerprint density at radius 2 is 1.93 bits per heavy atom. The van der Waals surface area contributed by atoms with E-state index in [1.54, 1.807) is 0 Å². The highest BCUT2D eigenvalue weighted by Gasteiger charge is 2.27. The van der Waals surface area contributed by atoms with Gasteiger partial charge < -0.3 is 15.3 Å². The number of nitrogens with one attached hydrogen (secondary N) is 1. The van der Waals surface area contributed by atoms with Crippen LogP contribution in [0.3, 0.4) is 0 Å². The van der Waals surface area contributed by atoms with Crippen molar-refractivity contribution >= 4 is 30.8 Å². The van der Waals surface area contributed by atoms with E-state index >= 15 is 0 Å². The van der Waals surface area contributed by atoms with Gasteiger partial charge in [-0.1, -0.05) is 0 Å². The molecule has 2 unspecified atom stereocenters. The molecule has 0 amide bonds. The minimum Gasteiger partial charge on any atom is -0.481 e. The molecule has 2 atom stereocenters. The summed E-state index contributed by atoms with van der Waals surface area (Å²) in [7, 11) is 3.97. The normalized spacial score (nSPS) is 26.2.